The zero-order valence-corrected chi connectivity index (χ0v) is 12.0. The first-order valence-electron chi connectivity index (χ1n) is 6.44. The van der Waals surface area contributed by atoms with Crippen molar-refractivity contribution in [1.29, 1.82) is 0 Å². The Morgan fingerprint density at radius 3 is 2.76 bits per heavy atom. The van der Waals surface area contributed by atoms with Gasteiger partial charge >= 0.3 is 0 Å². The number of phenols is 1. The first-order chi connectivity index (χ1) is 10.0. The molecule has 1 heterocycles. The summed E-state index contributed by atoms with van der Waals surface area (Å²) in [7, 11) is 3.16. The van der Waals surface area contributed by atoms with Crippen LogP contribution in [-0.4, -0.2) is 30.1 Å². The fourth-order valence-corrected chi connectivity index (χ4v) is 2.00. The van der Waals surface area contributed by atoms with Crippen molar-refractivity contribution in [2.45, 2.75) is 13.1 Å². The van der Waals surface area contributed by atoms with E-state index in [1.54, 1.807) is 31.3 Å². The van der Waals surface area contributed by atoms with Crippen LogP contribution in [0.3, 0.4) is 0 Å². The minimum Gasteiger partial charge on any atom is -0.504 e. The lowest BCUT2D eigenvalue weighted by Crippen LogP contribution is -2.25. The number of nitrogens with zero attached hydrogens (tertiary/aromatic N) is 1. The second kappa shape index (κ2) is 6.32. The Kier molecular flexibility index (Phi) is 4.49. The standard InChI is InChI=1S/C15H18N2O4/c1-17(15(19)11-6-12(7-16)21-9-11)8-10-3-4-14(20-2)13(18)5-10/h3-6,9,18H,7-8,16H2,1-2H3. The van der Waals surface area contributed by atoms with Crippen molar-refractivity contribution < 1.29 is 19.1 Å². The van der Waals surface area contributed by atoms with E-state index in [0.29, 0.717) is 23.6 Å². The number of phenolic OH excluding ortho intramolecular Hbond substituents is 1. The van der Waals surface area contributed by atoms with Gasteiger partial charge in [0.2, 0.25) is 0 Å². The molecule has 0 bridgehead atoms. The van der Waals surface area contributed by atoms with E-state index in [1.807, 2.05) is 0 Å². The number of rotatable bonds is 5. The summed E-state index contributed by atoms with van der Waals surface area (Å²) in [5, 5.41) is 9.74. The Morgan fingerprint density at radius 2 is 2.19 bits per heavy atom. The van der Waals surface area contributed by atoms with E-state index in [-0.39, 0.29) is 18.2 Å². The minimum atomic E-state index is -0.172. The summed E-state index contributed by atoms with van der Waals surface area (Å²) in [5.41, 5.74) is 6.70. The lowest BCUT2D eigenvalue weighted by atomic mass is 10.2. The number of amides is 1. The van der Waals surface area contributed by atoms with Gasteiger partial charge in [-0.3, -0.25) is 4.79 Å². The summed E-state index contributed by atoms with van der Waals surface area (Å²) in [6.45, 7) is 0.614. The van der Waals surface area contributed by atoms with Crippen LogP contribution in [0.1, 0.15) is 21.7 Å². The molecule has 2 rings (SSSR count). The number of methoxy groups -OCH3 is 1. The van der Waals surface area contributed by atoms with Crippen molar-refractivity contribution in [3.05, 3.63) is 47.4 Å². The molecule has 6 nitrogen and oxygen atoms in total. The molecule has 0 saturated heterocycles. The maximum Gasteiger partial charge on any atom is 0.257 e. The maximum atomic E-state index is 12.2. The molecule has 1 amide bonds. The molecule has 21 heavy (non-hydrogen) atoms. The van der Waals surface area contributed by atoms with Crippen molar-refractivity contribution in [3.63, 3.8) is 0 Å². The van der Waals surface area contributed by atoms with Gasteiger partial charge in [0.05, 0.1) is 19.2 Å². The number of carbonyl (C=O) groups excluding carboxylic acids is 1. The van der Waals surface area contributed by atoms with Gasteiger partial charge in [0, 0.05) is 13.6 Å². The molecule has 0 aliphatic heterocycles. The molecule has 112 valence electrons. The molecule has 1 aromatic heterocycles. The molecule has 0 saturated carbocycles. The van der Waals surface area contributed by atoms with Crippen LogP contribution in [0.25, 0.3) is 0 Å². The number of carbonyl (C=O) groups is 1. The summed E-state index contributed by atoms with van der Waals surface area (Å²) in [4.78, 5) is 13.8. The number of nitrogens with two attached hydrogens (primary N) is 1. The lowest BCUT2D eigenvalue weighted by Gasteiger charge is -2.16. The van der Waals surface area contributed by atoms with Crippen molar-refractivity contribution in [3.8, 4) is 11.5 Å². The lowest BCUT2D eigenvalue weighted by molar-refractivity contribution is 0.0784. The first kappa shape index (κ1) is 14.9. The van der Waals surface area contributed by atoms with E-state index in [2.05, 4.69) is 0 Å². The summed E-state index contributed by atoms with van der Waals surface area (Å²) >= 11 is 0. The summed E-state index contributed by atoms with van der Waals surface area (Å²) in [6.07, 6.45) is 1.40. The summed E-state index contributed by atoms with van der Waals surface area (Å²) in [5.74, 6) is 0.835. The molecule has 3 N–H and O–H groups in total. The molecule has 2 aromatic rings. The Bertz CT molecular complexity index is 636. The highest BCUT2D eigenvalue weighted by Gasteiger charge is 2.15. The van der Waals surface area contributed by atoms with Crippen LogP contribution in [0.4, 0.5) is 0 Å². The fourth-order valence-electron chi connectivity index (χ4n) is 2.00. The molecule has 0 atom stereocenters. The average molecular weight is 290 g/mol. The van der Waals surface area contributed by atoms with Gasteiger partial charge < -0.3 is 24.9 Å². The van der Waals surface area contributed by atoms with Crippen LogP contribution in [0.15, 0.2) is 34.9 Å². The smallest absolute Gasteiger partial charge is 0.257 e. The van der Waals surface area contributed by atoms with Crippen LogP contribution in [0.2, 0.25) is 0 Å². The Morgan fingerprint density at radius 1 is 1.43 bits per heavy atom. The Labute approximate surface area is 122 Å². The molecule has 0 spiro atoms. The highest BCUT2D eigenvalue weighted by molar-refractivity contribution is 5.93. The predicted molar refractivity (Wildman–Crippen MR) is 77.1 cm³/mol. The maximum absolute atomic E-state index is 12.2. The summed E-state index contributed by atoms with van der Waals surface area (Å²) < 4.78 is 10.1. The third-order valence-electron chi connectivity index (χ3n) is 3.11. The van der Waals surface area contributed by atoms with Crippen LogP contribution < -0.4 is 10.5 Å². The van der Waals surface area contributed by atoms with Crippen molar-refractivity contribution in [2.75, 3.05) is 14.2 Å². The third-order valence-corrected chi connectivity index (χ3v) is 3.11. The van der Waals surface area contributed by atoms with Crippen molar-refractivity contribution in [2.24, 2.45) is 5.73 Å². The molecule has 0 aliphatic carbocycles. The van der Waals surface area contributed by atoms with Crippen LogP contribution in [0.5, 0.6) is 11.5 Å². The largest absolute Gasteiger partial charge is 0.504 e. The van der Waals surface area contributed by atoms with E-state index >= 15 is 0 Å². The second-order valence-corrected chi connectivity index (χ2v) is 4.67. The van der Waals surface area contributed by atoms with Gasteiger partial charge in [0.15, 0.2) is 11.5 Å². The normalized spacial score (nSPS) is 10.4. The quantitative estimate of drug-likeness (QED) is 0.875. The van der Waals surface area contributed by atoms with Crippen LogP contribution in [0, 0.1) is 0 Å². The van der Waals surface area contributed by atoms with Gasteiger partial charge in [0.1, 0.15) is 12.0 Å². The number of ether oxygens (including phenoxy) is 1. The van der Waals surface area contributed by atoms with Crippen molar-refractivity contribution in [1.82, 2.24) is 4.90 Å². The molecule has 1 aromatic carbocycles. The van der Waals surface area contributed by atoms with E-state index in [1.165, 1.54) is 18.3 Å². The average Bonchev–Trinajstić information content (AvgIpc) is 2.95. The number of furan rings is 1. The van der Waals surface area contributed by atoms with Crippen LogP contribution in [-0.2, 0) is 13.1 Å². The second-order valence-electron chi connectivity index (χ2n) is 4.67. The van der Waals surface area contributed by atoms with E-state index in [0.717, 1.165) is 5.56 Å². The SMILES string of the molecule is COc1ccc(CN(C)C(=O)c2coc(CN)c2)cc1O. The van der Waals surface area contributed by atoms with Gasteiger partial charge in [0.25, 0.3) is 5.91 Å². The Balaban J connectivity index is 2.08. The number of aromatic hydroxyl groups is 1. The highest BCUT2D eigenvalue weighted by atomic mass is 16.5. The van der Waals surface area contributed by atoms with Crippen LogP contribution >= 0.6 is 0 Å². The molecule has 0 aliphatic rings. The van der Waals surface area contributed by atoms with Gasteiger partial charge in [-0.2, -0.15) is 0 Å². The highest BCUT2D eigenvalue weighted by Crippen LogP contribution is 2.26. The van der Waals surface area contributed by atoms with E-state index < -0.39 is 0 Å². The van der Waals surface area contributed by atoms with Gasteiger partial charge in [-0.1, -0.05) is 6.07 Å². The monoisotopic (exact) mass is 290 g/mol. The molecule has 0 radical (unpaired) electrons. The number of hydrogen-bond acceptors (Lipinski definition) is 5. The number of hydrogen-bond donors (Lipinski definition) is 2. The molecular weight excluding hydrogens is 272 g/mol. The molecular formula is C15H18N2O4. The molecule has 0 fully saturated rings. The molecule has 0 unspecified atom stereocenters. The van der Waals surface area contributed by atoms with Gasteiger partial charge in [-0.05, 0) is 23.8 Å². The summed E-state index contributed by atoms with van der Waals surface area (Å²) in [6, 6.07) is 6.66. The topological polar surface area (TPSA) is 88.9 Å². The van der Waals surface area contributed by atoms with Crippen molar-refractivity contribution >= 4 is 5.91 Å². The fraction of sp³-hybridized carbons (Fsp3) is 0.267. The van der Waals surface area contributed by atoms with Gasteiger partial charge in [-0.25, -0.2) is 0 Å². The third kappa shape index (κ3) is 3.35. The zero-order chi connectivity index (χ0) is 15.4. The first-order valence-corrected chi connectivity index (χ1v) is 6.44. The van der Waals surface area contributed by atoms with Gasteiger partial charge in [-0.15, -0.1) is 0 Å². The minimum absolute atomic E-state index is 0.0459. The predicted octanol–water partition coefficient (Wildman–Crippen LogP) is 1.72. The zero-order valence-electron chi connectivity index (χ0n) is 12.0. The Hall–Kier alpha value is -2.47. The molecule has 6 heteroatoms. The van der Waals surface area contributed by atoms with E-state index in [4.69, 9.17) is 14.9 Å². The number of benzene rings is 1. The van der Waals surface area contributed by atoms with E-state index in [9.17, 15) is 9.90 Å².